The van der Waals surface area contributed by atoms with E-state index >= 15 is 0 Å². The first kappa shape index (κ1) is 13.0. The van der Waals surface area contributed by atoms with Crippen LogP contribution in [0.25, 0.3) is 0 Å². The fraction of sp³-hybridized carbons (Fsp3) is 0.250. The van der Waals surface area contributed by atoms with Gasteiger partial charge in [0, 0.05) is 19.2 Å². The molecule has 0 bridgehead atoms. The number of aryl methyl sites for hydroxylation is 1. The molecule has 2 aromatic rings. The highest BCUT2D eigenvalue weighted by molar-refractivity contribution is 5.43. The second kappa shape index (κ2) is 5.49. The number of nitrogens with zero attached hydrogens (tertiary/aromatic N) is 3. The molecule has 7 nitrogen and oxygen atoms in total. The van der Waals surface area contributed by atoms with Crippen LogP contribution in [-0.2, 0) is 13.6 Å². The van der Waals surface area contributed by atoms with Crippen LogP contribution in [0.15, 0.2) is 30.5 Å². The molecule has 0 aliphatic rings. The third kappa shape index (κ3) is 2.89. The van der Waals surface area contributed by atoms with Gasteiger partial charge >= 0.3 is 11.6 Å². The van der Waals surface area contributed by atoms with Crippen molar-refractivity contribution in [2.75, 3.05) is 7.05 Å². The first-order valence-corrected chi connectivity index (χ1v) is 5.70. The van der Waals surface area contributed by atoms with Crippen LogP contribution in [0.1, 0.15) is 5.56 Å². The normalized spacial score (nSPS) is 10.4. The third-order valence-corrected chi connectivity index (χ3v) is 2.52. The fourth-order valence-corrected chi connectivity index (χ4v) is 1.70. The quantitative estimate of drug-likeness (QED) is 0.656. The van der Waals surface area contributed by atoms with E-state index in [2.05, 4.69) is 10.4 Å². The van der Waals surface area contributed by atoms with Crippen molar-refractivity contribution < 1.29 is 9.66 Å². The molecule has 2 rings (SSSR count). The van der Waals surface area contributed by atoms with Crippen molar-refractivity contribution in [3.05, 3.63) is 46.1 Å². The molecule has 1 heterocycles. The highest BCUT2D eigenvalue weighted by atomic mass is 16.6. The van der Waals surface area contributed by atoms with Crippen molar-refractivity contribution in [3.8, 4) is 11.6 Å². The lowest BCUT2D eigenvalue weighted by atomic mass is 10.2. The Labute approximate surface area is 110 Å². The van der Waals surface area contributed by atoms with Gasteiger partial charge in [0.05, 0.1) is 4.92 Å². The number of hydrogen-bond acceptors (Lipinski definition) is 5. The Morgan fingerprint density at radius 3 is 2.89 bits per heavy atom. The van der Waals surface area contributed by atoms with E-state index in [-0.39, 0.29) is 11.6 Å². The maximum atomic E-state index is 10.9. The van der Waals surface area contributed by atoms with Crippen molar-refractivity contribution >= 4 is 5.69 Å². The van der Waals surface area contributed by atoms with Gasteiger partial charge in [-0.05, 0) is 13.1 Å². The summed E-state index contributed by atoms with van der Waals surface area (Å²) in [6, 6.07) is 7.33. The summed E-state index contributed by atoms with van der Waals surface area (Å²) >= 11 is 0. The lowest BCUT2D eigenvalue weighted by Gasteiger charge is -2.08. The molecule has 0 radical (unpaired) electrons. The largest absolute Gasteiger partial charge is 0.432 e. The number of ether oxygens (including phenoxy) is 1. The highest BCUT2D eigenvalue weighted by Crippen LogP contribution is 2.31. The molecule has 1 N–H and O–H groups in total. The van der Waals surface area contributed by atoms with Gasteiger partial charge in [-0.25, -0.2) is 0 Å². The molecule has 0 saturated heterocycles. The zero-order valence-corrected chi connectivity index (χ0v) is 10.7. The minimum absolute atomic E-state index is 0.00365. The Morgan fingerprint density at radius 2 is 2.21 bits per heavy atom. The van der Waals surface area contributed by atoms with E-state index in [1.807, 2.05) is 25.2 Å². The molecule has 0 aliphatic heterocycles. The number of nitrogens with one attached hydrogen (secondary N) is 1. The van der Waals surface area contributed by atoms with Crippen molar-refractivity contribution in [1.29, 1.82) is 0 Å². The molecule has 19 heavy (non-hydrogen) atoms. The predicted molar refractivity (Wildman–Crippen MR) is 69.1 cm³/mol. The van der Waals surface area contributed by atoms with Gasteiger partial charge in [0.15, 0.2) is 0 Å². The van der Waals surface area contributed by atoms with Crippen molar-refractivity contribution in [2.45, 2.75) is 6.54 Å². The first-order chi connectivity index (χ1) is 9.11. The predicted octanol–water partition coefficient (Wildman–Crippen LogP) is 1.84. The van der Waals surface area contributed by atoms with Crippen LogP contribution >= 0.6 is 0 Å². The van der Waals surface area contributed by atoms with Gasteiger partial charge in [-0.3, -0.25) is 14.8 Å². The van der Waals surface area contributed by atoms with Crippen LogP contribution in [-0.4, -0.2) is 21.8 Å². The zero-order valence-electron chi connectivity index (χ0n) is 10.7. The number of aromatic nitrogens is 2. The maximum Gasteiger partial charge on any atom is 0.350 e. The summed E-state index contributed by atoms with van der Waals surface area (Å²) in [5, 5.41) is 17.9. The van der Waals surface area contributed by atoms with Crippen LogP contribution in [0.5, 0.6) is 11.6 Å². The minimum Gasteiger partial charge on any atom is -0.432 e. The van der Waals surface area contributed by atoms with E-state index in [1.54, 1.807) is 13.1 Å². The van der Waals surface area contributed by atoms with E-state index in [0.29, 0.717) is 12.3 Å². The standard InChI is InChI=1S/C12H14N4O3/c1-13-7-9-5-3-4-6-11(9)19-12-10(16(17)18)8-15(2)14-12/h3-6,8,13H,7H2,1-2H3. The Bertz CT molecular complexity index is 594. The molecule has 0 unspecified atom stereocenters. The number of para-hydroxylation sites is 1. The summed E-state index contributed by atoms with van der Waals surface area (Å²) in [7, 11) is 3.43. The summed E-state index contributed by atoms with van der Waals surface area (Å²) in [4.78, 5) is 10.4. The molecule has 0 atom stereocenters. The van der Waals surface area contributed by atoms with Gasteiger partial charge in [-0.2, -0.15) is 0 Å². The summed E-state index contributed by atoms with van der Waals surface area (Å²) in [5.74, 6) is 0.551. The molecule has 1 aromatic heterocycles. The number of rotatable bonds is 5. The van der Waals surface area contributed by atoms with E-state index < -0.39 is 4.92 Å². The second-order valence-corrected chi connectivity index (χ2v) is 3.99. The topological polar surface area (TPSA) is 82.2 Å². The van der Waals surface area contributed by atoms with Gasteiger partial charge in [0.1, 0.15) is 11.9 Å². The monoisotopic (exact) mass is 262 g/mol. The van der Waals surface area contributed by atoms with Crippen LogP contribution < -0.4 is 10.1 Å². The second-order valence-electron chi connectivity index (χ2n) is 3.99. The molecule has 100 valence electrons. The van der Waals surface area contributed by atoms with Crippen LogP contribution in [0.3, 0.4) is 0 Å². The first-order valence-electron chi connectivity index (χ1n) is 5.70. The molecular formula is C12H14N4O3. The molecule has 0 aliphatic carbocycles. The summed E-state index contributed by atoms with van der Waals surface area (Å²) in [5.41, 5.74) is 0.756. The Morgan fingerprint density at radius 1 is 1.47 bits per heavy atom. The zero-order chi connectivity index (χ0) is 13.8. The highest BCUT2D eigenvalue weighted by Gasteiger charge is 2.21. The summed E-state index contributed by atoms with van der Waals surface area (Å²) in [6.45, 7) is 0.608. The van der Waals surface area contributed by atoms with Crippen molar-refractivity contribution in [2.24, 2.45) is 7.05 Å². The Balaban J connectivity index is 2.33. The third-order valence-electron chi connectivity index (χ3n) is 2.52. The number of hydrogen-bond donors (Lipinski definition) is 1. The SMILES string of the molecule is CNCc1ccccc1Oc1nn(C)cc1[N+](=O)[O-]. The van der Waals surface area contributed by atoms with Gasteiger partial charge in [-0.1, -0.05) is 18.2 Å². The lowest BCUT2D eigenvalue weighted by Crippen LogP contribution is -2.06. The molecule has 0 saturated carbocycles. The van der Waals surface area contributed by atoms with E-state index in [4.69, 9.17) is 4.74 Å². The smallest absolute Gasteiger partial charge is 0.350 e. The summed E-state index contributed by atoms with van der Waals surface area (Å²) in [6.07, 6.45) is 1.32. The van der Waals surface area contributed by atoms with Crippen LogP contribution in [0, 0.1) is 10.1 Å². The van der Waals surface area contributed by atoms with Crippen molar-refractivity contribution in [1.82, 2.24) is 15.1 Å². The molecular weight excluding hydrogens is 248 g/mol. The van der Waals surface area contributed by atoms with Crippen LogP contribution in [0.4, 0.5) is 5.69 Å². The number of benzene rings is 1. The van der Waals surface area contributed by atoms with Crippen molar-refractivity contribution in [3.63, 3.8) is 0 Å². The minimum atomic E-state index is -0.511. The summed E-state index contributed by atoms with van der Waals surface area (Å²) < 4.78 is 6.92. The lowest BCUT2D eigenvalue weighted by molar-refractivity contribution is -0.385. The fourth-order valence-electron chi connectivity index (χ4n) is 1.70. The van der Waals surface area contributed by atoms with E-state index in [9.17, 15) is 10.1 Å². The van der Waals surface area contributed by atoms with Gasteiger partial charge in [-0.15, -0.1) is 5.10 Å². The van der Waals surface area contributed by atoms with Gasteiger partial charge in [0.2, 0.25) is 0 Å². The Kier molecular flexibility index (Phi) is 3.76. The molecule has 7 heteroatoms. The van der Waals surface area contributed by atoms with E-state index in [1.165, 1.54) is 10.9 Å². The average molecular weight is 262 g/mol. The van der Waals surface area contributed by atoms with E-state index in [0.717, 1.165) is 5.56 Å². The number of nitro groups is 1. The Hall–Kier alpha value is -2.41. The average Bonchev–Trinajstić information content (AvgIpc) is 2.73. The molecule has 0 spiro atoms. The molecule has 1 aromatic carbocycles. The molecule has 0 amide bonds. The van der Waals surface area contributed by atoms with Crippen LogP contribution in [0.2, 0.25) is 0 Å². The van der Waals surface area contributed by atoms with Gasteiger partial charge < -0.3 is 10.1 Å². The molecule has 0 fully saturated rings. The van der Waals surface area contributed by atoms with Gasteiger partial charge in [0.25, 0.3) is 0 Å². The maximum absolute atomic E-state index is 10.9.